The van der Waals surface area contributed by atoms with Crippen molar-refractivity contribution in [3.63, 3.8) is 0 Å². The molecule has 0 saturated heterocycles. The Labute approximate surface area is 76.0 Å². The summed E-state index contributed by atoms with van der Waals surface area (Å²) in [5.41, 5.74) is 3.36. The minimum atomic E-state index is -0.518. The van der Waals surface area contributed by atoms with Crippen LogP contribution in [0.1, 0.15) is 24.2 Å². The van der Waals surface area contributed by atoms with Gasteiger partial charge in [0, 0.05) is 5.56 Å². The van der Waals surface area contributed by atoms with Gasteiger partial charge in [0.2, 0.25) is 0 Å². The summed E-state index contributed by atoms with van der Waals surface area (Å²) < 4.78 is 5.19. The first-order chi connectivity index (χ1) is 6.18. The molecule has 1 atom stereocenters. The number of fused-ring (bicyclic) bond motifs is 1. The zero-order valence-corrected chi connectivity index (χ0v) is 7.61. The fourth-order valence-electron chi connectivity index (χ4n) is 1.45. The molecular weight excluding hydrogens is 166 g/mol. The van der Waals surface area contributed by atoms with Crippen LogP contribution in [0.5, 0.6) is 0 Å². The van der Waals surface area contributed by atoms with Gasteiger partial charge in [-0.25, -0.2) is 4.98 Å². The number of aromatic nitrogens is 1. The van der Waals surface area contributed by atoms with Crippen LogP contribution in [-0.4, -0.2) is 10.1 Å². The molecule has 0 spiro atoms. The molecule has 0 aliphatic rings. The highest BCUT2D eigenvalue weighted by Gasteiger charge is 2.10. The largest absolute Gasteiger partial charge is 0.443 e. The number of aliphatic hydroxyl groups excluding tert-OH is 1. The normalized spacial score (nSPS) is 13.5. The molecule has 3 nitrogen and oxygen atoms in total. The number of rotatable bonds is 1. The van der Waals surface area contributed by atoms with Crippen LogP contribution < -0.4 is 0 Å². The molecule has 0 radical (unpaired) electrons. The smallest absolute Gasteiger partial charge is 0.181 e. The molecule has 0 amide bonds. The van der Waals surface area contributed by atoms with Gasteiger partial charge in [-0.05, 0) is 31.5 Å². The van der Waals surface area contributed by atoms with Gasteiger partial charge in [0.15, 0.2) is 12.0 Å². The monoisotopic (exact) mass is 177 g/mol. The molecule has 68 valence electrons. The van der Waals surface area contributed by atoms with Gasteiger partial charge < -0.3 is 9.52 Å². The third kappa shape index (κ3) is 1.31. The van der Waals surface area contributed by atoms with Crippen molar-refractivity contribution in [2.75, 3.05) is 0 Å². The fraction of sp³-hybridized carbons (Fsp3) is 0.300. The van der Waals surface area contributed by atoms with Crippen molar-refractivity contribution < 1.29 is 9.52 Å². The summed E-state index contributed by atoms with van der Waals surface area (Å²) in [5, 5.41) is 9.48. The molecule has 0 aliphatic heterocycles. The van der Waals surface area contributed by atoms with E-state index in [1.807, 2.05) is 19.1 Å². The molecule has 1 N–H and O–H groups in total. The lowest BCUT2D eigenvalue weighted by atomic mass is 10.1. The zero-order valence-electron chi connectivity index (χ0n) is 7.61. The molecule has 1 unspecified atom stereocenters. The quantitative estimate of drug-likeness (QED) is 0.726. The molecule has 3 heteroatoms. The van der Waals surface area contributed by atoms with Gasteiger partial charge in [0.25, 0.3) is 0 Å². The van der Waals surface area contributed by atoms with Crippen LogP contribution in [-0.2, 0) is 0 Å². The Morgan fingerprint density at radius 1 is 1.46 bits per heavy atom. The highest BCUT2D eigenvalue weighted by atomic mass is 16.3. The number of nitrogens with zero attached hydrogens (tertiary/aromatic N) is 1. The van der Waals surface area contributed by atoms with Crippen molar-refractivity contribution >= 4 is 11.1 Å². The SMILES string of the molecule is Cc1cc(C(C)O)c2ocnc2c1. The molecule has 13 heavy (non-hydrogen) atoms. The van der Waals surface area contributed by atoms with E-state index in [1.54, 1.807) is 6.92 Å². The van der Waals surface area contributed by atoms with E-state index in [0.29, 0.717) is 5.58 Å². The summed E-state index contributed by atoms with van der Waals surface area (Å²) >= 11 is 0. The Morgan fingerprint density at radius 3 is 2.92 bits per heavy atom. The van der Waals surface area contributed by atoms with E-state index in [-0.39, 0.29) is 0 Å². The van der Waals surface area contributed by atoms with Crippen molar-refractivity contribution in [2.24, 2.45) is 0 Å². The Balaban J connectivity index is 2.77. The van der Waals surface area contributed by atoms with E-state index < -0.39 is 6.10 Å². The van der Waals surface area contributed by atoms with Gasteiger partial charge in [0.1, 0.15) is 5.52 Å². The number of oxazole rings is 1. The van der Waals surface area contributed by atoms with Crippen molar-refractivity contribution in [3.8, 4) is 0 Å². The van der Waals surface area contributed by atoms with E-state index in [0.717, 1.165) is 16.6 Å². The predicted octanol–water partition coefficient (Wildman–Crippen LogP) is 2.19. The molecule has 1 aromatic heterocycles. The van der Waals surface area contributed by atoms with Gasteiger partial charge in [-0.1, -0.05) is 0 Å². The number of hydrogen-bond donors (Lipinski definition) is 1. The van der Waals surface area contributed by atoms with Crippen molar-refractivity contribution in [3.05, 3.63) is 29.7 Å². The molecular formula is C10H11NO2. The average Bonchev–Trinajstić information content (AvgIpc) is 2.49. The van der Waals surface area contributed by atoms with Gasteiger partial charge in [-0.15, -0.1) is 0 Å². The lowest BCUT2D eigenvalue weighted by Gasteiger charge is -2.05. The molecule has 2 rings (SSSR count). The maximum absolute atomic E-state index is 9.48. The van der Waals surface area contributed by atoms with Gasteiger partial charge in [0.05, 0.1) is 6.10 Å². The number of aryl methyl sites for hydroxylation is 1. The Bertz CT molecular complexity index is 431. The molecule has 0 aliphatic carbocycles. The first-order valence-electron chi connectivity index (χ1n) is 4.20. The van der Waals surface area contributed by atoms with Crippen molar-refractivity contribution in [1.82, 2.24) is 4.98 Å². The van der Waals surface area contributed by atoms with E-state index in [4.69, 9.17) is 4.42 Å². The number of benzene rings is 1. The van der Waals surface area contributed by atoms with Crippen molar-refractivity contribution in [1.29, 1.82) is 0 Å². The molecule has 2 aromatic rings. The topological polar surface area (TPSA) is 46.3 Å². The van der Waals surface area contributed by atoms with E-state index in [9.17, 15) is 5.11 Å². The van der Waals surface area contributed by atoms with Crippen LogP contribution >= 0.6 is 0 Å². The summed E-state index contributed by atoms with van der Waals surface area (Å²) in [5.74, 6) is 0. The molecule has 0 saturated carbocycles. The van der Waals surface area contributed by atoms with Crippen LogP contribution in [0.15, 0.2) is 22.9 Å². The fourth-order valence-corrected chi connectivity index (χ4v) is 1.45. The Kier molecular flexibility index (Phi) is 1.81. The van der Waals surface area contributed by atoms with Crippen LogP contribution in [0.25, 0.3) is 11.1 Å². The number of hydrogen-bond acceptors (Lipinski definition) is 3. The minimum absolute atomic E-state index is 0.518. The van der Waals surface area contributed by atoms with E-state index in [2.05, 4.69) is 4.98 Å². The minimum Gasteiger partial charge on any atom is -0.443 e. The van der Waals surface area contributed by atoms with Crippen LogP contribution in [0.2, 0.25) is 0 Å². The second-order valence-electron chi connectivity index (χ2n) is 3.23. The summed E-state index contributed by atoms with van der Waals surface area (Å²) in [7, 11) is 0. The maximum atomic E-state index is 9.48. The van der Waals surface area contributed by atoms with Crippen LogP contribution in [0, 0.1) is 6.92 Å². The average molecular weight is 177 g/mol. The van der Waals surface area contributed by atoms with Crippen LogP contribution in [0.4, 0.5) is 0 Å². The lowest BCUT2D eigenvalue weighted by molar-refractivity contribution is 0.199. The van der Waals surface area contributed by atoms with Gasteiger partial charge >= 0.3 is 0 Å². The van der Waals surface area contributed by atoms with Crippen molar-refractivity contribution in [2.45, 2.75) is 20.0 Å². The standard InChI is InChI=1S/C10H11NO2/c1-6-3-8(7(2)12)10-9(4-6)11-5-13-10/h3-5,7,12H,1-2H3. The predicted molar refractivity (Wildman–Crippen MR) is 49.4 cm³/mol. The second-order valence-corrected chi connectivity index (χ2v) is 3.23. The maximum Gasteiger partial charge on any atom is 0.181 e. The Morgan fingerprint density at radius 2 is 2.23 bits per heavy atom. The lowest BCUT2D eigenvalue weighted by Crippen LogP contribution is -1.92. The highest BCUT2D eigenvalue weighted by Crippen LogP contribution is 2.24. The molecule has 0 fully saturated rings. The summed E-state index contributed by atoms with van der Waals surface area (Å²) in [6.07, 6.45) is 0.881. The zero-order chi connectivity index (χ0) is 9.42. The summed E-state index contributed by atoms with van der Waals surface area (Å²) in [6.45, 7) is 3.69. The molecule has 1 aromatic carbocycles. The third-order valence-electron chi connectivity index (χ3n) is 2.05. The van der Waals surface area contributed by atoms with E-state index in [1.165, 1.54) is 6.39 Å². The number of aliphatic hydroxyl groups is 1. The summed E-state index contributed by atoms with van der Waals surface area (Å²) in [6, 6.07) is 3.85. The highest BCUT2D eigenvalue weighted by molar-refractivity contribution is 5.77. The first kappa shape index (κ1) is 8.26. The van der Waals surface area contributed by atoms with Crippen LogP contribution in [0.3, 0.4) is 0 Å². The van der Waals surface area contributed by atoms with Gasteiger partial charge in [-0.3, -0.25) is 0 Å². The third-order valence-corrected chi connectivity index (χ3v) is 2.05. The first-order valence-corrected chi connectivity index (χ1v) is 4.20. The molecule has 0 bridgehead atoms. The summed E-state index contributed by atoms with van der Waals surface area (Å²) in [4.78, 5) is 4.04. The molecule has 1 heterocycles. The Hall–Kier alpha value is -1.35. The van der Waals surface area contributed by atoms with Gasteiger partial charge in [-0.2, -0.15) is 0 Å². The van der Waals surface area contributed by atoms with E-state index >= 15 is 0 Å². The second kappa shape index (κ2) is 2.85.